The highest BCUT2D eigenvalue weighted by molar-refractivity contribution is 5.83. The van der Waals surface area contributed by atoms with Crippen molar-refractivity contribution in [2.75, 3.05) is 13.6 Å². The third-order valence-corrected chi connectivity index (χ3v) is 2.89. The first-order valence-electron chi connectivity index (χ1n) is 5.90. The van der Waals surface area contributed by atoms with Crippen molar-refractivity contribution in [2.24, 2.45) is 16.8 Å². The van der Waals surface area contributed by atoms with E-state index in [4.69, 9.17) is 10.9 Å². The number of benzene rings is 1. The number of nitrogens with zero attached hydrogens (tertiary/aromatic N) is 2. The van der Waals surface area contributed by atoms with Gasteiger partial charge in [0.15, 0.2) is 0 Å². The van der Waals surface area contributed by atoms with Crippen molar-refractivity contribution >= 4 is 11.7 Å². The molecule has 1 rings (SSSR count). The van der Waals surface area contributed by atoms with Crippen LogP contribution < -0.4 is 5.73 Å². The van der Waals surface area contributed by atoms with Gasteiger partial charge in [0.25, 0.3) is 0 Å². The average Bonchev–Trinajstić information content (AvgIpc) is 2.40. The molecule has 1 aromatic rings. The molecule has 0 bridgehead atoms. The zero-order valence-electron chi connectivity index (χ0n) is 11.0. The number of amides is 1. The van der Waals surface area contributed by atoms with Crippen molar-refractivity contribution in [1.29, 1.82) is 0 Å². The van der Waals surface area contributed by atoms with Gasteiger partial charge in [0.1, 0.15) is 11.7 Å². The molecule has 6 heteroatoms. The minimum absolute atomic E-state index is 0.00787. The number of halogens is 1. The highest BCUT2D eigenvalue weighted by Crippen LogP contribution is 2.09. The van der Waals surface area contributed by atoms with E-state index in [2.05, 4.69) is 5.16 Å². The summed E-state index contributed by atoms with van der Waals surface area (Å²) in [5.41, 5.74) is 5.80. The van der Waals surface area contributed by atoms with Gasteiger partial charge in [-0.2, -0.15) is 0 Å². The molecule has 0 spiro atoms. The number of nitrogens with two attached hydrogens (primary N) is 1. The number of carbonyl (C=O) groups excluding carboxylic acids is 1. The third-order valence-electron chi connectivity index (χ3n) is 2.89. The molecule has 0 saturated carbocycles. The summed E-state index contributed by atoms with van der Waals surface area (Å²) in [5, 5.41) is 11.4. The molecule has 1 amide bonds. The molecule has 1 aromatic carbocycles. The Kier molecular flexibility index (Phi) is 5.29. The molecule has 104 valence electrons. The van der Waals surface area contributed by atoms with Crippen LogP contribution in [0.2, 0.25) is 0 Å². The molecular formula is C13H18FN3O2. The number of rotatable bonds is 5. The van der Waals surface area contributed by atoms with E-state index < -0.39 is 5.82 Å². The molecule has 0 fully saturated rings. The van der Waals surface area contributed by atoms with Gasteiger partial charge in [-0.3, -0.25) is 4.79 Å². The molecule has 0 saturated heterocycles. The summed E-state index contributed by atoms with van der Waals surface area (Å²) in [6.45, 7) is 2.05. The van der Waals surface area contributed by atoms with E-state index in [9.17, 15) is 9.18 Å². The fourth-order valence-corrected chi connectivity index (χ4v) is 1.64. The van der Waals surface area contributed by atoms with Crippen LogP contribution in [0, 0.1) is 11.7 Å². The first kappa shape index (κ1) is 14.9. The van der Waals surface area contributed by atoms with E-state index in [-0.39, 0.29) is 24.1 Å². The van der Waals surface area contributed by atoms with E-state index in [0.717, 1.165) is 0 Å². The van der Waals surface area contributed by atoms with Crippen molar-refractivity contribution in [3.63, 3.8) is 0 Å². The van der Waals surface area contributed by atoms with Crippen LogP contribution in [0.3, 0.4) is 0 Å². The lowest BCUT2D eigenvalue weighted by Gasteiger charge is -2.21. The van der Waals surface area contributed by atoms with Crippen molar-refractivity contribution in [3.8, 4) is 0 Å². The average molecular weight is 267 g/mol. The van der Waals surface area contributed by atoms with Gasteiger partial charge < -0.3 is 15.8 Å². The predicted octanol–water partition coefficient (Wildman–Crippen LogP) is 1.21. The van der Waals surface area contributed by atoms with E-state index in [0.29, 0.717) is 12.1 Å². The highest BCUT2D eigenvalue weighted by Gasteiger charge is 2.16. The van der Waals surface area contributed by atoms with E-state index in [1.165, 1.54) is 11.0 Å². The zero-order valence-corrected chi connectivity index (χ0v) is 11.0. The SMILES string of the molecule is CC(CN(C)C(=O)Cc1ccccc1F)C(N)=NO. The van der Waals surface area contributed by atoms with Crippen molar-refractivity contribution in [1.82, 2.24) is 4.90 Å². The van der Waals surface area contributed by atoms with Gasteiger partial charge in [0, 0.05) is 19.5 Å². The monoisotopic (exact) mass is 267 g/mol. The molecule has 0 aliphatic heterocycles. The second kappa shape index (κ2) is 6.72. The van der Waals surface area contributed by atoms with Gasteiger partial charge in [0.2, 0.25) is 5.91 Å². The molecular weight excluding hydrogens is 249 g/mol. The molecule has 1 unspecified atom stereocenters. The van der Waals surface area contributed by atoms with Crippen LogP contribution in [0.4, 0.5) is 4.39 Å². The summed E-state index contributed by atoms with van der Waals surface area (Å²) in [4.78, 5) is 13.4. The molecule has 5 nitrogen and oxygen atoms in total. The fraction of sp³-hybridized carbons (Fsp3) is 0.385. The Balaban J connectivity index is 2.61. The summed E-state index contributed by atoms with van der Waals surface area (Å²) in [7, 11) is 1.60. The molecule has 0 heterocycles. The van der Waals surface area contributed by atoms with Crippen LogP contribution in [-0.4, -0.2) is 35.4 Å². The van der Waals surface area contributed by atoms with Crippen molar-refractivity contribution in [2.45, 2.75) is 13.3 Å². The maximum atomic E-state index is 13.4. The van der Waals surface area contributed by atoms with Crippen molar-refractivity contribution < 1.29 is 14.4 Å². The molecule has 3 N–H and O–H groups in total. The van der Waals surface area contributed by atoms with Crippen LogP contribution in [-0.2, 0) is 11.2 Å². The number of carbonyl (C=O) groups is 1. The van der Waals surface area contributed by atoms with Gasteiger partial charge >= 0.3 is 0 Å². The van der Waals surface area contributed by atoms with Crippen LogP contribution >= 0.6 is 0 Å². The fourth-order valence-electron chi connectivity index (χ4n) is 1.64. The number of hydrogen-bond donors (Lipinski definition) is 2. The lowest BCUT2D eigenvalue weighted by atomic mass is 10.1. The summed E-state index contributed by atoms with van der Waals surface area (Å²) < 4.78 is 13.4. The summed E-state index contributed by atoms with van der Waals surface area (Å²) in [6, 6.07) is 6.16. The lowest BCUT2D eigenvalue weighted by molar-refractivity contribution is -0.129. The Hall–Kier alpha value is -2.11. The topological polar surface area (TPSA) is 78.9 Å². The predicted molar refractivity (Wildman–Crippen MR) is 70.3 cm³/mol. The molecule has 0 aliphatic rings. The lowest BCUT2D eigenvalue weighted by Crippen LogP contribution is -2.37. The first-order chi connectivity index (χ1) is 8.95. The molecule has 19 heavy (non-hydrogen) atoms. The summed E-state index contributed by atoms with van der Waals surface area (Å²) in [5.74, 6) is -0.818. The van der Waals surface area contributed by atoms with E-state index in [1.807, 2.05) is 0 Å². The normalized spacial score (nSPS) is 13.1. The van der Waals surface area contributed by atoms with Gasteiger partial charge in [0.05, 0.1) is 6.42 Å². The minimum Gasteiger partial charge on any atom is -0.409 e. The Bertz CT molecular complexity index is 477. The van der Waals surface area contributed by atoms with Gasteiger partial charge in [-0.15, -0.1) is 0 Å². The summed E-state index contributed by atoms with van der Waals surface area (Å²) in [6.07, 6.45) is -0.00787. The molecule has 0 aliphatic carbocycles. The van der Waals surface area contributed by atoms with Crippen molar-refractivity contribution in [3.05, 3.63) is 35.6 Å². The van der Waals surface area contributed by atoms with Crippen LogP contribution in [0.15, 0.2) is 29.4 Å². The molecule has 1 atom stereocenters. The molecule has 0 aromatic heterocycles. The van der Waals surface area contributed by atoms with Crippen LogP contribution in [0.25, 0.3) is 0 Å². The Labute approximate surface area is 111 Å². The first-order valence-corrected chi connectivity index (χ1v) is 5.90. The van der Waals surface area contributed by atoms with E-state index >= 15 is 0 Å². The zero-order chi connectivity index (χ0) is 14.4. The Morgan fingerprint density at radius 3 is 2.74 bits per heavy atom. The quantitative estimate of drug-likeness (QED) is 0.364. The minimum atomic E-state index is -0.395. The second-order valence-electron chi connectivity index (χ2n) is 4.47. The molecule has 0 radical (unpaired) electrons. The van der Waals surface area contributed by atoms with E-state index in [1.54, 1.807) is 32.2 Å². The smallest absolute Gasteiger partial charge is 0.226 e. The maximum absolute atomic E-state index is 13.4. The number of hydrogen-bond acceptors (Lipinski definition) is 3. The van der Waals surface area contributed by atoms with Gasteiger partial charge in [-0.1, -0.05) is 30.3 Å². The number of amidine groups is 1. The van der Waals surface area contributed by atoms with Crippen LogP contribution in [0.5, 0.6) is 0 Å². The highest BCUT2D eigenvalue weighted by atomic mass is 19.1. The van der Waals surface area contributed by atoms with Gasteiger partial charge in [-0.05, 0) is 11.6 Å². The number of oxime groups is 1. The van der Waals surface area contributed by atoms with Gasteiger partial charge in [-0.25, -0.2) is 4.39 Å². The Morgan fingerprint density at radius 1 is 1.53 bits per heavy atom. The maximum Gasteiger partial charge on any atom is 0.226 e. The number of likely N-dealkylation sites (N-methyl/N-ethyl adjacent to an activating group) is 1. The van der Waals surface area contributed by atoms with Crippen LogP contribution in [0.1, 0.15) is 12.5 Å². The standard InChI is InChI=1S/C13H18FN3O2/c1-9(13(15)16-19)8-17(2)12(18)7-10-5-3-4-6-11(10)14/h3-6,9,19H,7-8H2,1-2H3,(H2,15,16). The third kappa shape index (κ3) is 4.24. The second-order valence-corrected chi connectivity index (χ2v) is 4.47. The Morgan fingerprint density at radius 2 is 2.16 bits per heavy atom. The largest absolute Gasteiger partial charge is 0.409 e. The summed E-state index contributed by atoms with van der Waals surface area (Å²) >= 11 is 0.